The molecular formula is C16H12N4. The summed E-state index contributed by atoms with van der Waals surface area (Å²) in [5, 5.41) is 8.62. The standard InChI is InChI=1S/C16H12N4/c1-2-6-11(7-3-1)14-10-15-16(20-19-14)18-13-9-5-4-8-12(13)17-15/h1-9,14H,10H2. The smallest absolute Gasteiger partial charge is 0.196 e. The monoisotopic (exact) mass is 260 g/mol. The number of para-hydroxylation sites is 2. The van der Waals surface area contributed by atoms with Crippen LogP contribution in [0.1, 0.15) is 17.3 Å². The Balaban J connectivity index is 1.78. The van der Waals surface area contributed by atoms with Crippen molar-refractivity contribution in [2.24, 2.45) is 10.2 Å². The third-order valence-corrected chi connectivity index (χ3v) is 3.48. The number of azo groups is 1. The summed E-state index contributed by atoms with van der Waals surface area (Å²) in [6, 6.07) is 18.1. The van der Waals surface area contributed by atoms with E-state index in [4.69, 9.17) is 0 Å². The highest BCUT2D eigenvalue weighted by Gasteiger charge is 2.20. The Morgan fingerprint density at radius 2 is 1.50 bits per heavy atom. The van der Waals surface area contributed by atoms with Gasteiger partial charge < -0.3 is 0 Å². The van der Waals surface area contributed by atoms with Crippen LogP contribution in [0.5, 0.6) is 0 Å². The summed E-state index contributed by atoms with van der Waals surface area (Å²) >= 11 is 0. The minimum absolute atomic E-state index is 0.0409. The van der Waals surface area contributed by atoms with Gasteiger partial charge in [0.15, 0.2) is 5.82 Å². The van der Waals surface area contributed by atoms with E-state index >= 15 is 0 Å². The van der Waals surface area contributed by atoms with Crippen molar-refractivity contribution in [2.75, 3.05) is 0 Å². The van der Waals surface area contributed by atoms with E-state index in [1.807, 2.05) is 42.5 Å². The first-order valence-corrected chi connectivity index (χ1v) is 6.61. The molecule has 4 nitrogen and oxygen atoms in total. The number of rotatable bonds is 1. The molecule has 2 heterocycles. The lowest BCUT2D eigenvalue weighted by Crippen LogP contribution is -2.06. The number of fused-ring (bicyclic) bond motifs is 2. The van der Waals surface area contributed by atoms with E-state index in [2.05, 4.69) is 32.3 Å². The van der Waals surface area contributed by atoms with Gasteiger partial charge in [-0.1, -0.05) is 42.5 Å². The van der Waals surface area contributed by atoms with Gasteiger partial charge in [0.1, 0.15) is 6.04 Å². The Labute approximate surface area is 116 Å². The summed E-state index contributed by atoms with van der Waals surface area (Å²) in [6.45, 7) is 0. The molecule has 0 spiro atoms. The maximum absolute atomic E-state index is 4.68. The molecule has 1 aliphatic rings. The van der Waals surface area contributed by atoms with Gasteiger partial charge in [-0.25, -0.2) is 9.97 Å². The first-order chi connectivity index (χ1) is 9.90. The van der Waals surface area contributed by atoms with E-state index in [0.29, 0.717) is 5.82 Å². The van der Waals surface area contributed by atoms with Crippen LogP contribution in [0.15, 0.2) is 64.8 Å². The normalized spacial score (nSPS) is 17.1. The summed E-state index contributed by atoms with van der Waals surface area (Å²) in [7, 11) is 0. The predicted octanol–water partition coefficient (Wildman–Crippen LogP) is 4.01. The fourth-order valence-corrected chi connectivity index (χ4v) is 2.45. The Kier molecular flexibility index (Phi) is 2.52. The van der Waals surface area contributed by atoms with Crippen molar-refractivity contribution in [3.8, 4) is 0 Å². The van der Waals surface area contributed by atoms with Crippen LogP contribution in [0.4, 0.5) is 5.82 Å². The fraction of sp³-hybridized carbons (Fsp3) is 0.125. The third kappa shape index (κ3) is 1.86. The molecule has 0 N–H and O–H groups in total. The van der Waals surface area contributed by atoms with Gasteiger partial charge in [0.05, 0.1) is 16.7 Å². The van der Waals surface area contributed by atoms with Crippen molar-refractivity contribution >= 4 is 16.9 Å². The quantitative estimate of drug-likeness (QED) is 0.663. The predicted molar refractivity (Wildman–Crippen MR) is 76.9 cm³/mol. The summed E-state index contributed by atoms with van der Waals surface area (Å²) in [6.07, 6.45) is 0.751. The van der Waals surface area contributed by atoms with Gasteiger partial charge in [0.2, 0.25) is 0 Å². The average molecular weight is 260 g/mol. The summed E-state index contributed by atoms with van der Waals surface area (Å²) < 4.78 is 0. The van der Waals surface area contributed by atoms with Crippen molar-refractivity contribution in [1.82, 2.24) is 9.97 Å². The van der Waals surface area contributed by atoms with Crippen LogP contribution in [-0.4, -0.2) is 9.97 Å². The largest absolute Gasteiger partial charge is 0.247 e. The second-order valence-electron chi connectivity index (χ2n) is 4.83. The maximum Gasteiger partial charge on any atom is 0.196 e. The maximum atomic E-state index is 4.68. The summed E-state index contributed by atoms with van der Waals surface area (Å²) in [5.74, 6) is 0.649. The van der Waals surface area contributed by atoms with E-state index in [1.165, 1.54) is 0 Å². The lowest BCUT2D eigenvalue weighted by molar-refractivity contribution is 0.645. The first-order valence-electron chi connectivity index (χ1n) is 6.61. The number of aromatic nitrogens is 2. The molecule has 0 fully saturated rings. The molecular weight excluding hydrogens is 248 g/mol. The molecule has 0 saturated heterocycles. The second-order valence-corrected chi connectivity index (χ2v) is 4.83. The van der Waals surface area contributed by atoms with Gasteiger partial charge in [0.25, 0.3) is 0 Å². The molecule has 1 aliphatic heterocycles. The van der Waals surface area contributed by atoms with E-state index < -0.39 is 0 Å². The molecule has 20 heavy (non-hydrogen) atoms. The summed E-state index contributed by atoms with van der Waals surface area (Å²) in [4.78, 5) is 9.20. The minimum atomic E-state index is 0.0409. The Hall–Kier alpha value is -2.62. The van der Waals surface area contributed by atoms with Crippen molar-refractivity contribution in [2.45, 2.75) is 12.5 Å². The highest BCUT2D eigenvalue weighted by Crippen LogP contribution is 2.32. The lowest BCUT2D eigenvalue weighted by atomic mass is 10.0. The van der Waals surface area contributed by atoms with Crippen LogP contribution >= 0.6 is 0 Å². The van der Waals surface area contributed by atoms with Crippen molar-refractivity contribution in [1.29, 1.82) is 0 Å². The topological polar surface area (TPSA) is 50.5 Å². The van der Waals surface area contributed by atoms with Gasteiger partial charge in [-0.2, -0.15) is 5.11 Å². The molecule has 0 radical (unpaired) electrons. The lowest BCUT2D eigenvalue weighted by Gasteiger charge is -2.16. The first kappa shape index (κ1) is 11.2. The van der Waals surface area contributed by atoms with Crippen LogP contribution in [0.25, 0.3) is 11.0 Å². The van der Waals surface area contributed by atoms with Gasteiger partial charge in [-0.15, -0.1) is 5.11 Å². The average Bonchev–Trinajstić information content (AvgIpc) is 2.53. The van der Waals surface area contributed by atoms with Crippen LogP contribution in [0.3, 0.4) is 0 Å². The van der Waals surface area contributed by atoms with Gasteiger partial charge in [-0.05, 0) is 17.7 Å². The van der Waals surface area contributed by atoms with Crippen LogP contribution < -0.4 is 0 Å². The molecule has 0 saturated carbocycles. The van der Waals surface area contributed by atoms with Crippen LogP contribution in [0.2, 0.25) is 0 Å². The molecule has 1 atom stereocenters. The molecule has 0 amide bonds. The molecule has 2 aromatic carbocycles. The van der Waals surface area contributed by atoms with Gasteiger partial charge in [-0.3, -0.25) is 0 Å². The van der Waals surface area contributed by atoms with E-state index in [-0.39, 0.29) is 6.04 Å². The molecule has 4 heteroatoms. The number of hydrogen-bond acceptors (Lipinski definition) is 4. The molecule has 0 bridgehead atoms. The van der Waals surface area contributed by atoms with Crippen LogP contribution in [0, 0.1) is 0 Å². The zero-order valence-electron chi connectivity index (χ0n) is 10.8. The second kappa shape index (κ2) is 4.49. The SMILES string of the molecule is c1ccc(C2Cc3nc4ccccc4nc3N=N2)cc1. The van der Waals surface area contributed by atoms with E-state index in [0.717, 1.165) is 28.7 Å². The highest BCUT2D eigenvalue weighted by molar-refractivity contribution is 5.75. The van der Waals surface area contributed by atoms with Gasteiger partial charge in [0, 0.05) is 6.42 Å². The Bertz CT molecular complexity index is 796. The van der Waals surface area contributed by atoms with Crippen molar-refractivity contribution in [3.05, 3.63) is 65.9 Å². The minimum Gasteiger partial charge on any atom is -0.247 e. The van der Waals surface area contributed by atoms with Gasteiger partial charge >= 0.3 is 0 Å². The number of benzene rings is 2. The zero-order valence-corrected chi connectivity index (χ0v) is 10.8. The Morgan fingerprint density at radius 3 is 2.30 bits per heavy atom. The number of hydrogen-bond donors (Lipinski definition) is 0. The van der Waals surface area contributed by atoms with E-state index in [1.54, 1.807) is 0 Å². The number of nitrogens with zero attached hydrogens (tertiary/aromatic N) is 4. The molecule has 3 aromatic rings. The molecule has 1 unspecified atom stereocenters. The Morgan fingerprint density at radius 1 is 0.800 bits per heavy atom. The van der Waals surface area contributed by atoms with Crippen LogP contribution in [-0.2, 0) is 6.42 Å². The van der Waals surface area contributed by atoms with E-state index in [9.17, 15) is 0 Å². The zero-order chi connectivity index (χ0) is 13.4. The summed E-state index contributed by atoms with van der Waals surface area (Å²) in [5.41, 5.74) is 3.86. The highest BCUT2D eigenvalue weighted by atomic mass is 15.2. The molecule has 96 valence electrons. The molecule has 4 rings (SSSR count). The third-order valence-electron chi connectivity index (χ3n) is 3.48. The molecule has 0 aliphatic carbocycles. The molecule has 1 aromatic heterocycles. The van der Waals surface area contributed by atoms with Crippen molar-refractivity contribution < 1.29 is 0 Å². The fourth-order valence-electron chi connectivity index (χ4n) is 2.45. The van der Waals surface area contributed by atoms with Crippen molar-refractivity contribution in [3.63, 3.8) is 0 Å².